The van der Waals surface area contributed by atoms with Crippen LogP contribution in [0.1, 0.15) is 16.8 Å². The molecule has 5 heteroatoms. The van der Waals surface area contributed by atoms with E-state index in [4.69, 9.17) is 14.2 Å². The average molecular weight is 279 g/mol. The normalized spacial score (nSPS) is 15.8. The van der Waals surface area contributed by atoms with E-state index >= 15 is 0 Å². The molecule has 0 aliphatic carbocycles. The van der Waals surface area contributed by atoms with Gasteiger partial charge < -0.3 is 14.2 Å². The van der Waals surface area contributed by atoms with Crippen molar-refractivity contribution in [3.05, 3.63) is 23.8 Å². The molecule has 0 N–H and O–H groups in total. The molecule has 5 nitrogen and oxygen atoms in total. The van der Waals surface area contributed by atoms with Gasteiger partial charge in [0.2, 0.25) is 0 Å². The van der Waals surface area contributed by atoms with Crippen molar-refractivity contribution in [2.75, 3.05) is 46.6 Å². The van der Waals surface area contributed by atoms with E-state index in [1.54, 1.807) is 25.3 Å². The first-order chi connectivity index (χ1) is 9.85. The van der Waals surface area contributed by atoms with Crippen LogP contribution in [-0.2, 0) is 4.74 Å². The van der Waals surface area contributed by atoms with Gasteiger partial charge in [0.25, 0.3) is 0 Å². The Morgan fingerprint density at radius 2 is 2.15 bits per heavy atom. The van der Waals surface area contributed by atoms with Crippen LogP contribution in [-0.4, -0.2) is 57.8 Å². The van der Waals surface area contributed by atoms with E-state index in [0.717, 1.165) is 45.6 Å². The van der Waals surface area contributed by atoms with Crippen molar-refractivity contribution in [3.8, 4) is 11.5 Å². The number of para-hydroxylation sites is 1. The molecule has 0 spiro atoms. The number of hydrogen-bond acceptors (Lipinski definition) is 5. The fraction of sp³-hybridized carbons (Fsp3) is 0.533. The molecule has 1 aromatic carbocycles. The topological polar surface area (TPSA) is 48.0 Å². The van der Waals surface area contributed by atoms with E-state index in [1.807, 2.05) is 0 Å². The van der Waals surface area contributed by atoms with Gasteiger partial charge in [0.05, 0.1) is 32.5 Å². The molecule has 1 aliphatic heterocycles. The van der Waals surface area contributed by atoms with Gasteiger partial charge >= 0.3 is 0 Å². The van der Waals surface area contributed by atoms with Crippen LogP contribution in [0, 0.1) is 0 Å². The summed E-state index contributed by atoms with van der Waals surface area (Å²) >= 11 is 0. The number of methoxy groups -OCH3 is 1. The third-order valence-corrected chi connectivity index (χ3v) is 3.33. The highest BCUT2D eigenvalue weighted by Gasteiger charge is 2.12. The van der Waals surface area contributed by atoms with Gasteiger partial charge in [0.1, 0.15) is 0 Å². The van der Waals surface area contributed by atoms with Gasteiger partial charge in [-0.1, -0.05) is 6.07 Å². The summed E-state index contributed by atoms with van der Waals surface area (Å²) in [5.41, 5.74) is 0.524. The minimum Gasteiger partial charge on any atom is -0.493 e. The van der Waals surface area contributed by atoms with Crippen LogP contribution < -0.4 is 9.47 Å². The first-order valence-corrected chi connectivity index (χ1v) is 6.90. The highest BCUT2D eigenvalue weighted by Crippen LogP contribution is 2.29. The van der Waals surface area contributed by atoms with Crippen LogP contribution in [0.3, 0.4) is 0 Å². The number of carbonyl (C=O) groups is 1. The lowest BCUT2D eigenvalue weighted by molar-refractivity contribution is 0.0357. The largest absolute Gasteiger partial charge is 0.493 e. The van der Waals surface area contributed by atoms with Crippen molar-refractivity contribution in [1.29, 1.82) is 0 Å². The molecule has 1 heterocycles. The van der Waals surface area contributed by atoms with Gasteiger partial charge in [0.15, 0.2) is 17.8 Å². The number of aldehydes is 1. The fourth-order valence-corrected chi connectivity index (χ4v) is 2.23. The zero-order chi connectivity index (χ0) is 14.2. The van der Waals surface area contributed by atoms with E-state index in [9.17, 15) is 4.79 Å². The van der Waals surface area contributed by atoms with Crippen molar-refractivity contribution < 1.29 is 19.0 Å². The van der Waals surface area contributed by atoms with E-state index in [1.165, 1.54) is 0 Å². The lowest BCUT2D eigenvalue weighted by atomic mass is 10.2. The smallest absolute Gasteiger partial charge is 0.171 e. The summed E-state index contributed by atoms with van der Waals surface area (Å²) < 4.78 is 16.3. The Balaban J connectivity index is 1.82. The van der Waals surface area contributed by atoms with Crippen LogP contribution in [0.2, 0.25) is 0 Å². The second-order valence-electron chi connectivity index (χ2n) is 4.65. The number of hydrogen-bond donors (Lipinski definition) is 0. The Kier molecular flexibility index (Phi) is 5.83. The Labute approximate surface area is 119 Å². The molecule has 1 fully saturated rings. The van der Waals surface area contributed by atoms with Gasteiger partial charge in [-0.25, -0.2) is 0 Å². The van der Waals surface area contributed by atoms with Gasteiger partial charge in [-0.3, -0.25) is 9.69 Å². The molecule has 1 aliphatic rings. The molecule has 0 atom stereocenters. The van der Waals surface area contributed by atoms with E-state index in [-0.39, 0.29) is 0 Å². The maximum absolute atomic E-state index is 11.0. The molecule has 0 radical (unpaired) electrons. The van der Waals surface area contributed by atoms with Crippen LogP contribution >= 0.6 is 0 Å². The first-order valence-electron chi connectivity index (χ1n) is 6.90. The van der Waals surface area contributed by atoms with E-state index in [0.29, 0.717) is 23.7 Å². The van der Waals surface area contributed by atoms with E-state index in [2.05, 4.69) is 4.90 Å². The second kappa shape index (κ2) is 7.87. The van der Waals surface area contributed by atoms with Crippen molar-refractivity contribution >= 4 is 6.29 Å². The van der Waals surface area contributed by atoms with Crippen molar-refractivity contribution in [2.24, 2.45) is 0 Å². The molecule has 0 saturated carbocycles. The van der Waals surface area contributed by atoms with Crippen LogP contribution in [0.25, 0.3) is 0 Å². The summed E-state index contributed by atoms with van der Waals surface area (Å²) in [5.74, 6) is 1.13. The molecule has 1 saturated heterocycles. The third kappa shape index (κ3) is 3.95. The first kappa shape index (κ1) is 14.8. The molecule has 0 unspecified atom stereocenters. The zero-order valence-corrected chi connectivity index (χ0v) is 11.8. The summed E-state index contributed by atoms with van der Waals surface area (Å²) in [6.07, 6.45) is 1.70. The van der Waals surface area contributed by atoms with Crippen LogP contribution in [0.4, 0.5) is 0 Å². The molecule has 0 bridgehead atoms. The SMILES string of the molecule is COc1cccc(C=O)c1OCCCN1CCOCC1. The molecule has 20 heavy (non-hydrogen) atoms. The van der Waals surface area contributed by atoms with Crippen LogP contribution in [0.15, 0.2) is 18.2 Å². The predicted molar refractivity (Wildman–Crippen MR) is 75.8 cm³/mol. The van der Waals surface area contributed by atoms with Crippen molar-refractivity contribution in [3.63, 3.8) is 0 Å². The van der Waals surface area contributed by atoms with Gasteiger partial charge in [0, 0.05) is 19.6 Å². The molecular formula is C15H21NO4. The number of ether oxygens (including phenoxy) is 3. The van der Waals surface area contributed by atoms with Gasteiger partial charge in [-0.05, 0) is 18.6 Å². The average Bonchev–Trinajstić information content (AvgIpc) is 2.52. The van der Waals surface area contributed by atoms with Crippen molar-refractivity contribution in [1.82, 2.24) is 4.90 Å². The molecule has 110 valence electrons. The lowest BCUT2D eigenvalue weighted by Crippen LogP contribution is -2.37. The molecule has 2 rings (SSSR count). The Hall–Kier alpha value is -1.59. The number of rotatable bonds is 7. The summed E-state index contributed by atoms with van der Waals surface area (Å²) in [5, 5.41) is 0. The lowest BCUT2D eigenvalue weighted by Gasteiger charge is -2.26. The molecule has 0 amide bonds. The number of morpholine rings is 1. The molecule has 1 aromatic rings. The van der Waals surface area contributed by atoms with Gasteiger partial charge in [-0.15, -0.1) is 0 Å². The fourth-order valence-electron chi connectivity index (χ4n) is 2.23. The Morgan fingerprint density at radius 1 is 1.35 bits per heavy atom. The minimum absolute atomic E-state index is 0.524. The number of benzene rings is 1. The highest BCUT2D eigenvalue weighted by molar-refractivity contribution is 5.81. The standard InChI is InChI=1S/C15H21NO4/c1-18-14-5-2-4-13(12-17)15(14)20-9-3-6-16-7-10-19-11-8-16/h2,4-5,12H,3,6-11H2,1H3. The van der Waals surface area contributed by atoms with Crippen LogP contribution in [0.5, 0.6) is 11.5 Å². The second-order valence-corrected chi connectivity index (χ2v) is 4.65. The van der Waals surface area contributed by atoms with Gasteiger partial charge in [-0.2, -0.15) is 0 Å². The maximum Gasteiger partial charge on any atom is 0.171 e. The summed E-state index contributed by atoms with van der Waals surface area (Å²) in [7, 11) is 1.57. The number of nitrogens with zero attached hydrogens (tertiary/aromatic N) is 1. The maximum atomic E-state index is 11.0. The zero-order valence-electron chi connectivity index (χ0n) is 11.8. The monoisotopic (exact) mass is 279 g/mol. The Bertz CT molecular complexity index is 430. The number of carbonyl (C=O) groups excluding carboxylic acids is 1. The quantitative estimate of drug-likeness (QED) is 0.560. The van der Waals surface area contributed by atoms with E-state index < -0.39 is 0 Å². The Morgan fingerprint density at radius 3 is 2.85 bits per heavy atom. The summed E-state index contributed by atoms with van der Waals surface area (Å²) in [4.78, 5) is 13.4. The summed E-state index contributed by atoms with van der Waals surface area (Å²) in [6, 6.07) is 5.31. The summed E-state index contributed by atoms with van der Waals surface area (Å²) in [6.45, 7) is 5.13. The van der Waals surface area contributed by atoms with Crippen molar-refractivity contribution in [2.45, 2.75) is 6.42 Å². The highest BCUT2D eigenvalue weighted by atomic mass is 16.5. The molecular weight excluding hydrogens is 258 g/mol. The molecule has 0 aromatic heterocycles. The minimum atomic E-state index is 0.524. The predicted octanol–water partition coefficient (Wildman–Crippen LogP) is 1.61. The third-order valence-electron chi connectivity index (χ3n) is 3.33.